The highest BCUT2D eigenvalue weighted by Crippen LogP contribution is 2.36. The number of nitrogens with zero attached hydrogens (tertiary/aromatic N) is 2. The van der Waals surface area contributed by atoms with Crippen molar-refractivity contribution in [3.8, 4) is 0 Å². The number of amides is 3. The number of allylic oxidation sites excluding steroid dienone is 2. The van der Waals surface area contributed by atoms with Gasteiger partial charge in [0.15, 0.2) is 6.61 Å². The van der Waals surface area contributed by atoms with Crippen LogP contribution in [0.1, 0.15) is 32.6 Å². The van der Waals surface area contributed by atoms with Gasteiger partial charge in [-0.3, -0.25) is 19.3 Å². The lowest BCUT2D eigenvalue weighted by Crippen LogP contribution is -2.45. The summed E-state index contributed by atoms with van der Waals surface area (Å²) < 4.78 is 5.08. The number of benzene rings is 1. The number of carbonyl (C=O) groups is 4. The molecule has 0 radical (unpaired) electrons. The lowest BCUT2D eigenvalue weighted by Gasteiger charge is -2.21. The van der Waals surface area contributed by atoms with Gasteiger partial charge in [-0.1, -0.05) is 12.2 Å². The van der Waals surface area contributed by atoms with Crippen LogP contribution in [0.5, 0.6) is 0 Å². The average Bonchev–Trinajstić information content (AvgIpc) is 3.40. The van der Waals surface area contributed by atoms with Crippen LogP contribution in [0, 0.1) is 11.8 Å². The molecule has 1 N–H and O–H groups in total. The first-order chi connectivity index (χ1) is 15.0. The molecule has 3 aliphatic rings. The number of esters is 1. The first-order valence-electron chi connectivity index (χ1n) is 10.8. The largest absolute Gasteiger partial charge is 0.454 e. The van der Waals surface area contributed by atoms with Crippen molar-refractivity contribution in [2.24, 2.45) is 11.8 Å². The first kappa shape index (κ1) is 21.1. The SMILES string of the molecule is C[C@@H](C(=O)OCC(=O)Nc1ccc(N2CCCC2)cc1)N1C(=O)[C@H]2CC=CC[C@H]2C1=O. The summed E-state index contributed by atoms with van der Waals surface area (Å²) in [4.78, 5) is 53.0. The molecule has 0 saturated carbocycles. The molecule has 8 heteroatoms. The van der Waals surface area contributed by atoms with Gasteiger partial charge in [-0.15, -0.1) is 0 Å². The van der Waals surface area contributed by atoms with Crippen LogP contribution in [0.25, 0.3) is 0 Å². The Balaban J connectivity index is 1.27. The minimum Gasteiger partial charge on any atom is -0.454 e. The summed E-state index contributed by atoms with van der Waals surface area (Å²) in [5, 5.41) is 2.69. The molecule has 31 heavy (non-hydrogen) atoms. The minimum atomic E-state index is -1.06. The fourth-order valence-corrected chi connectivity index (χ4v) is 4.50. The smallest absolute Gasteiger partial charge is 0.329 e. The van der Waals surface area contributed by atoms with Crippen LogP contribution >= 0.6 is 0 Å². The molecule has 0 spiro atoms. The maximum absolute atomic E-state index is 12.6. The van der Waals surface area contributed by atoms with Crippen molar-refractivity contribution in [2.75, 3.05) is 29.9 Å². The van der Waals surface area contributed by atoms with E-state index in [-0.39, 0.29) is 11.8 Å². The number of imide groups is 1. The highest BCUT2D eigenvalue weighted by Gasteiger charge is 2.50. The Morgan fingerprint density at radius 1 is 1.03 bits per heavy atom. The van der Waals surface area contributed by atoms with Crippen LogP contribution in [0.2, 0.25) is 0 Å². The molecule has 4 rings (SSSR count). The summed E-state index contributed by atoms with van der Waals surface area (Å²) in [6, 6.07) is 6.47. The predicted molar refractivity (Wildman–Crippen MR) is 114 cm³/mol. The van der Waals surface area contributed by atoms with Crippen LogP contribution in [0.4, 0.5) is 11.4 Å². The van der Waals surface area contributed by atoms with Gasteiger partial charge in [0.1, 0.15) is 6.04 Å². The Hall–Kier alpha value is -3.16. The molecule has 2 aliphatic heterocycles. The van der Waals surface area contributed by atoms with Crippen LogP contribution in [0.3, 0.4) is 0 Å². The van der Waals surface area contributed by atoms with Gasteiger partial charge < -0.3 is 15.0 Å². The third-order valence-electron chi connectivity index (χ3n) is 6.24. The molecule has 3 amide bonds. The molecule has 3 atom stereocenters. The molecule has 8 nitrogen and oxygen atoms in total. The number of hydrogen-bond donors (Lipinski definition) is 1. The monoisotopic (exact) mass is 425 g/mol. The Morgan fingerprint density at radius 3 is 2.19 bits per heavy atom. The average molecular weight is 425 g/mol. The molecule has 1 aromatic rings. The van der Waals surface area contributed by atoms with Crippen molar-refractivity contribution in [1.82, 2.24) is 4.90 Å². The standard InChI is InChI=1S/C23H27N3O5/c1-15(26-21(28)18-6-2-3-7-19(18)22(26)29)23(30)31-14-20(27)24-16-8-10-17(11-9-16)25-12-4-5-13-25/h2-3,8-11,15,18-19H,4-7,12-14H2,1H3,(H,24,27)/t15-,18-,19+/m0/s1. The summed E-state index contributed by atoms with van der Waals surface area (Å²) in [5.41, 5.74) is 1.73. The van der Waals surface area contributed by atoms with Crippen LogP contribution in [0.15, 0.2) is 36.4 Å². The normalized spacial score (nSPS) is 23.6. The van der Waals surface area contributed by atoms with E-state index in [1.807, 2.05) is 36.4 Å². The predicted octanol–water partition coefficient (Wildman–Crippen LogP) is 2.11. The van der Waals surface area contributed by atoms with Crippen molar-refractivity contribution < 1.29 is 23.9 Å². The maximum atomic E-state index is 12.6. The van der Waals surface area contributed by atoms with Gasteiger partial charge in [-0.25, -0.2) is 4.79 Å². The molecule has 1 aromatic carbocycles. The summed E-state index contributed by atoms with van der Waals surface area (Å²) in [6.45, 7) is 3.05. The van der Waals surface area contributed by atoms with Crippen molar-refractivity contribution in [3.63, 3.8) is 0 Å². The number of likely N-dealkylation sites (tertiary alicyclic amines) is 1. The molecule has 0 bridgehead atoms. The Bertz CT molecular complexity index is 878. The van der Waals surface area contributed by atoms with Crippen LogP contribution in [-0.2, 0) is 23.9 Å². The zero-order chi connectivity index (χ0) is 22.0. The van der Waals surface area contributed by atoms with Crippen molar-refractivity contribution in [2.45, 2.75) is 38.6 Å². The molecule has 1 aliphatic carbocycles. The highest BCUT2D eigenvalue weighted by molar-refractivity contribution is 6.08. The summed E-state index contributed by atoms with van der Waals surface area (Å²) >= 11 is 0. The van der Waals surface area contributed by atoms with E-state index in [9.17, 15) is 19.2 Å². The number of nitrogens with one attached hydrogen (secondary N) is 1. The summed E-state index contributed by atoms with van der Waals surface area (Å²) in [5.74, 6) is -2.74. The van der Waals surface area contributed by atoms with Gasteiger partial charge >= 0.3 is 5.97 Å². The van der Waals surface area contributed by atoms with E-state index in [0.717, 1.165) is 23.7 Å². The fourth-order valence-electron chi connectivity index (χ4n) is 4.50. The number of fused-ring (bicyclic) bond motifs is 1. The molecular formula is C23H27N3O5. The summed E-state index contributed by atoms with van der Waals surface area (Å²) in [6.07, 6.45) is 7.17. The van der Waals surface area contributed by atoms with E-state index in [2.05, 4.69) is 10.2 Å². The van der Waals surface area contributed by atoms with Gasteiger partial charge in [0.25, 0.3) is 5.91 Å². The fraction of sp³-hybridized carbons (Fsp3) is 0.478. The third kappa shape index (κ3) is 4.33. The number of ether oxygens (including phenoxy) is 1. The third-order valence-corrected chi connectivity index (χ3v) is 6.24. The second-order valence-electron chi connectivity index (χ2n) is 8.28. The van der Waals surface area contributed by atoms with E-state index in [0.29, 0.717) is 18.5 Å². The minimum absolute atomic E-state index is 0.341. The zero-order valence-corrected chi connectivity index (χ0v) is 17.6. The molecule has 2 fully saturated rings. The van der Waals surface area contributed by atoms with Crippen molar-refractivity contribution in [1.29, 1.82) is 0 Å². The summed E-state index contributed by atoms with van der Waals surface area (Å²) in [7, 11) is 0. The number of anilines is 2. The first-order valence-corrected chi connectivity index (χ1v) is 10.8. The van der Waals surface area contributed by atoms with Gasteiger partial charge in [-0.2, -0.15) is 0 Å². The van der Waals surface area contributed by atoms with Crippen LogP contribution < -0.4 is 10.2 Å². The Labute approximate surface area is 181 Å². The number of carbonyl (C=O) groups excluding carboxylic acids is 4. The van der Waals surface area contributed by atoms with E-state index in [4.69, 9.17) is 4.74 Å². The molecule has 0 unspecified atom stereocenters. The van der Waals surface area contributed by atoms with E-state index >= 15 is 0 Å². The van der Waals surface area contributed by atoms with Gasteiger partial charge in [0.2, 0.25) is 11.8 Å². The topological polar surface area (TPSA) is 96.0 Å². The van der Waals surface area contributed by atoms with E-state index in [1.165, 1.54) is 19.8 Å². The Morgan fingerprint density at radius 2 is 1.61 bits per heavy atom. The highest BCUT2D eigenvalue weighted by atomic mass is 16.5. The second-order valence-corrected chi connectivity index (χ2v) is 8.28. The quantitative estimate of drug-likeness (QED) is 0.426. The van der Waals surface area contributed by atoms with Crippen LogP contribution in [-0.4, -0.2) is 54.3 Å². The van der Waals surface area contributed by atoms with Crippen molar-refractivity contribution >= 4 is 35.1 Å². The molecule has 164 valence electrons. The molecular weight excluding hydrogens is 398 g/mol. The number of hydrogen-bond acceptors (Lipinski definition) is 6. The zero-order valence-electron chi connectivity index (χ0n) is 17.6. The van der Waals surface area contributed by atoms with Gasteiger partial charge in [-0.05, 0) is 56.9 Å². The number of rotatable bonds is 6. The van der Waals surface area contributed by atoms with E-state index in [1.54, 1.807) is 0 Å². The molecule has 2 heterocycles. The molecule has 2 saturated heterocycles. The van der Waals surface area contributed by atoms with Gasteiger partial charge in [0.05, 0.1) is 11.8 Å². The second kappa shape index (κ2) is 8.91. The lowest BCUT2D eigenvalue weighted by molar-refractivity contribution is -0.159. The maximum Gasteiger partial charge on any atom is 0.329 e. The molecule has 0 aromatic heterocycles. The van der Waals surface area contributed by atoms with Crippen molar-refractivity contribution in [3.05, 3.63) is 36.4 Å². The Kier molecular flexibility index (Phi) is 6.06. The van der Waals surface area contributed by atoms with E-state index < -0.39 is 36.4 Å². The lowest BCUT2D eigenvalue weighted by atomic mass is 9.85. The van der Waals surface area contributed by atoms with Gasteiger partial charge in [0, 0.05) is 24.5 Å².